The number of aryl methyl sites for hydroxylation is 1. The Morgan fingerprint density at radius 3 is 2.94 bits per heavy atom. The van der Waals surface area contributed by atoms with E-state index in [1.807, 2.05) is 22.9 Å². The molecule has 17 heavy (non-hydrogen) atoms. The maximum Gasteiger partial charge on any atom is 0.270 e. The van der Waals surface area contributed by atoms with Crippen molar-refractivity contribution in [2.24, 2.45) is 0 Å². The first-order valence-corrected chi connectivity index (χ1v) is 6.37. The van der Waals surface area contributed by atoms with Gasteiger partial charge in [-0.15, -0.1) is 0 Å². The average Bonchev–Trinajstić information content (AvgIpc) is 2.66. The van der Waals surface area contributed by atoms with Gasteiger partial charge < -0.3 is 9.47 Å². The number of carbonyl (C=O) groups excluding carboxylic acids is 1. The lowest BCUT2D eigenvalue weighted by Gasteiger charge is -2.16. The topological polar surface area (TPSA) is 49.0 Å². The number of aromatic nitrogens is 1. The van der Waals surface area contributed by atoms with Gasteiger partial charge in [0.15, 0.2) is 0 Å². The summed E-state index contributed by atoms with van der Waals surface area (Å²) < 4.78 is 2.85. The van der Waals surface area contributed by atoms with Crippen LogP contribution in [0.5, 0.6) is 0 Å². The lowest BCUT2D eigenvalue weighted by atomic mass is 10.3. The first-order valence-electron chi connectivity index (χ1n) is 5.58. The minimum absolute atomic E-state index is 0.0422. The second-order valence-electron chi connectivity index (χ2n) is 3.87. The van der Waals surface area contributed by atoms with Crippen molar-refractivity contribution in [2.75, 3.05) is 13.6 Å². The summed E-state index contributed by atoms with van der Waals surface area (Å²) in [5.41, 5.74) is 0.666. The van der Waals surface area contributed by atoms with Crippen molar-refractivity contribution < 1.29 is 4.79 Å². The Labute approximate surface area is 110 Å². The van der Waals surface area contributed by atoms with Gasteiger partial charge in [0, 0.05) is 30.8 Å². The van der Waals surface area contributed by atoms with E-state index in [0.29, 0.717) is 18.7 Å². The molecule has 5 heteroatoms. The Morgan fingerprint density at radius 1 is 1.65 bits per heavy atom. The number of amides is 1. The SMILES string of the molecule is CCCn1cc(Br)cc1C(=O)N(C)CCC#N. The fourth-order valence-corrected chi connectivity index (χ4v) is 2.06. The van der Waals surface area contributed by atoms with E-state index in [-0.39, 0.29) is 5.91 Å². The van der Waals surface area contributed by atoms with Crippen molar-refractivity contribution in [1.82, 2.24) is 9.47 Å². The number of hydrogen-bond donors (Lipinski definition) is 0. The van der Waals surface area contributed by atoms with E-state index < -0.39 is 0 Å². The third-order valence-electron chi connectivity index (χ3n) is 2.45. The summed E-state index contributed by atoms with van der Waals surface area (Å²) >= 11 is 3.38. The summed E-state index contributed by atoms with van der Waals surface area (Å²) in [4.78, 5) is 13.7. The van der Waals surface area contributed by atoms with Crippen LogP contribution < -0.4 is 0 Å². The van der Waals surface area contributed by atoms with Gasteiger partial charge in [-0.05, 0) is 28.4 Å². The summed E-state index contributed by atoms with van der Waals surface area (Å²) in [7, 11) is 1.72. The summed E-state index contributed by atoms with van der Waals surface area (Å²) in [5.74, 6) is -0.0422. The standard InChI is InChI=1S/C12H16BrN3O/c1-3-6-16-9-10(13)8-11(16)12(17)15(2)7-4-5-14/h8-9H,3-4,6-7H2,1-2H3. The molecule has 0 aromatic carbocycles. The zero-order chi connectivity index (χ0) is 12.8. The Morgan fingerprint density at radius 2 is 2.35 bits per heavy atom. The summed E-state index contributed by atoms with van der Waals surface area (Å²) in [6.07, 6.45) is 3.25. The van der Waals surface area contributed by atoms with E-state index in [2.05, 4.69) is 22.9 Å². The van der Waals surface area contributed by atoms with Crippen LogP contribution in [0.25, 0.3) is 0 Å². The van der Waals surface area contributed by atoms with Crippen LogP contribution >= 0.6 is 15.9 Å². The van der Waals surface area contributed by atoms with Crippen LogP contribution in [0.15, 0.2) is 16.7 Å². The molecule has 0 radical (unpaired) electrons. The van der Waals surface area contributed by atoms with Crippen LogP contribution in [0, 0.1) is 11.3 Å². The van der Waals surface area contributed by atoms with Crippen molar-refractivity contribution in [3.63, 3.8) is 0 Å². The molecule has 0 aliphatic carbocycles. The van der Waals surface area contributed by atoms with Crippen molar-refractivity contribution in [1.29, 1.82) is 5.26 Å². The van der Waals surface area contributed by atoms with E-state index in [4.69, 9.17) is 5.26 Å². The minimum atomic E-state index is -0.0422. The van der Waals surface area contributed by atoms with Gasteiger partial charge in [0.2, 0.25) is 0 Å². The number of halogens is 1. The van der Waals surface area contributed by atoms with E-state index in [0.717, 1.165) is 17.4 Å². The number of hydrogen-bond acceptors (Lipinski definition) is 2. The highest BCUT2D eigenvalue weighted by Crippen LogP contribution is 2.17. The highest BCUT2D eigenvalue weighted by molar-refractivity contribution is 9.10. The third kappa shape index (κ3) is 3.60. The molecular formula is C12H16BrN3O. The molecule has 0 aliphatic heterocycles. The molecule has 0 N–H and O–H groups in total. The predicted molar refractivity (Wildman–Crippen MR) is 69.6 cm³/mol. The molecule has 0 spiro atoms. The minimum Gasteiger partial charge on any atom is -0.342 e. The fraction of sp³-hybridized carbons (Fsp3) is 0.500. The quantitative estimate of drug-likeness (QED) is 0.839. The number of nitriles is 1. The van der Waals surface area contributed by atoms with E-state index in [1.165, 1.54) is 0 Å². The second kappa shape index (κ2) is 6.45. The van der Waals surface area contributed by atoms with Gasteiger partial charge >= 0.3 is 0 Å². The van der Waals surface area contributed by atoms with Crippen molar-refractivity contribution in [3.8, 4) is 6.07 Å². The maximum atomic E-state index is 12.1. The first kappa shape index (κ1) is 13.8. The predicted octanol–water partition coefficient (Wildman–Crippen LogP) is 2.65. The average molecular weight is 298 g/mol. The molecular weight excluding hydrogens is 282 g/mol. The molecule has 4 nitrogen and oxygen atoms in total. The van der Waals surface area contributed by atoms with Gasteiger partial charge in [0.05, 0.1) is 12.5 Å². The molecule has 0 aliphatic rings. The number of nitrogens with zero attached hydrogens (tertiary/aromatic N) is 3. The molecule has 92 valence electrons. The largest absolute Gasteiger partial charge is 0.342 e. The van der Waals surface area contributed by atoms with Crippen molar-refractivity contribution >= 4 is 21.8 Å². The van der Waals surface area contributed by atoms with Crippen LogP contribution in [-0.2, 0) is 6.54 Å². The van der Waals surface area contributed by atoms with Crippen molar-refractivity contribution in [2.45, 2.75) is 26.3 Å². The highest BCUT2D eigenvalue weighted by Gasteiger charge is 2.16. The smallest absolute Gasteiger partial charge is 0.270 e. The monoisotopic (exact) mass is 297 g/mol. The summed E-state index contributed by atoms with van der Waals surface area (Å²) in [5, 5.41) is 8.51. The Kier molecular flexibility index (Phi) is 5.23. The lowest BCUT2D eigenvalue weighted by Crippen LogP contribution is -2.29. The Bertz CT molecular complexity index is 433. The molecule has 0 saturated carbocycles. The van der Waals surface area contributed by atoms with Gasteiger partial charge in [0.1, 0.15) is 5.69 Å². The lowest BCUT2D eigenvalue weighted by molar-refractivity contribution is 0.0787. The van der Waals surface area contributed by atoms with Crippen LogP contribution in [0.3, 0.4) is 0 Å². The number of carbonyl (C=O) groups is 1. The van der Waals surface area contributed by atoms with Gasteiger partial charge in [-0.2, -0.15) is 5.26 Å². The molecule has 1 heterocycles. The zero-order valence-corrected chi connectivity index (χ0v) is 11.7. The molecule has 1 aromatic heterocycles. The summed E-state index contributed by atoms with van der Waals surface area (Å²) in [6.45, 7) is 3.35. The van der Waals surface area contributed by atoms with Crippen molar-refractivity contribution in [3.05, 3.63) is 22.4 Å². The van der Waals surface area contributed by atoms with Crippen LogP contribution in [-0.4, -0.2) is 29.0 Å². The van der Waals surface area contributed by atoms with Crippen LogP contribution in [0.1, 0.15) is 30.3 Å². The summed E-state index contributed by atoms with van der Waals surface area (Å²) in [6, 6.07) is 3.86. The first-order chi connectivity index (χ1) is 8.10. The Balaban J connectivity index is 2.84. The normalized spacial score (nSPS) is 10.0. The van der Waals surface area contributed by atoms with E-state index in [9.17, 15) is 4.79 Å². The molecule has 0 fully saturated rings. The molecule has 0 bridgehead atoms. The van der Waals surface area contributed by atoms with Gasteiger partial charge in [-0.3, -0.25) is 4.79 Å². The molecule has 1 amide bonds. The highest BCUT2D eigenvalue weighted by atomic mass is 79.9. The number of rotatable bonds is 5. The van der Waals surface area contributed by atoms with Gasteiger partial charge in [-0.1, -0.05) is 6.92 Å². The van der Waals surface area contributed by atoms with Crippen LogP contribution in [0.2, 0.25) is 0 Å². The zero-order valence-electron chi connectivity index (χ0n) is 10.1. The molecule has 0 atom stereocenters. The van der Waals surface area contributed by atoms with Crippen LogP contribution in [0.4, 0.5) is 0 Å². The van der Waals surface area contributed by atoms with Gasteiger partial charge in [0.25, 0.3) is 5.91 Å². The Hall–Kier alpha value is -1.28. The fourth-order valence-electron chi connectivity index (χ4n) is 1.59. The third-order valence-corrected chi connectivity index (χ3v) is 2.89. The second-order valence-corrected chi connectivity index (χ2v) is 4.79. The maximum absolute atomic E-state index is 12.1. The molecule has 0 saturated heterocycles. The molecule has 1 aromatic rings. The molecule has 0 unspecified atom stereocenters. The van der Waals surface area contributed by atoms with E-state index in [1.54, 1.807) is 11.9 Å². The molecule has 1 rings (SSSR count). The van der Waals surface area contributed by atoms with Gasteiger partial charge in [-0.25, -0.2) is 0 Å². The van der Waals surface area contributed by atoms with E-state index >= 15 is 0 Å².